The largest absolute Gasteiger partial charge is 0.653 e. The smallest absolute Gasteiger partial charge is 0.295 e. The molecule has 0 bridgehead atoms. The van der Waals surface area contributed by atoms with Crippen molar-refractivity contribution in [3.8, 4) is 0 Å². The van der Waals surface area contributed by atoms with Gasteiger partial charge in [-0.1, -0.05) is 23.5 Å². The molecule has 0 aromatic heterocycles. The van der Waals surface area contributed by atoms with Gasteiger partial charge in [0.2, 0.25) is 0 Å². The molecule has 1 aliphatic rings. The van der Waals surface area contributed by atoms with Crippen LogP contribution in [-0.4, -0.2) is 40.4 Å². The Hall–Kier alpha value is -2.24. The quantitative estimate of drug-likeness (QED) is 0.165. The van der Waals surface area contributed by atoms with Crippen molar-refractivity contribution in [3.05, 3.63) is 80.6 Å². The summed E-state index contributed by atoms with van der Waals surface area (Å²) in [6.45, 7) is 3.21. The lowest BCUT2D eigenvalue weighted by Gasteiger charge is -2.27. The van der Waals surface area contributed by atoms with Crippen LogP contribution in [0.1, 0.15) is 12.0 Å². The molecule has 2 aromatic rings. The van der Waals surface area contributed by atoms with Gasteiger partial charge in [0.1, 0.15) is 24.4 Å². The molecule has 0 unspecified atom stereocenters. The first-order chi connectivity index (χ1) is 13.9. The van der Waals surface area contributed by atoms with Gasteiger partial charge in [0.05, 0.1) is 13.1 Å². The number of nitrogens with two attached hydrogens (primary N) is 1. The molecular weight excluding hydrogens is 498 g/mol. The molecule has 5 nitrogen and oxygen atoms in total. The van der Waals surface area contributed by atoms with Gasteiger partial charge in [-0.15, -0.1) is 0 Å². The van der Waals surface area contributed by atoms with E-state index in [1.54, 1.807) is 18.8 Å². The predicted octanol–water partition coefficient (Wildman–Crippen LogP) is 3.37. The highest BCUT2D eigenvalue weighted by Gasteiger charge is 2.22. The number of rotatable bonds is 8. The Bertz CT molecular complexity index is 980. The predicted molar refractivity (Wildman–Crippen MR) is 111 cm³/mol. The lowest BCUT2D eigenvalue weighted by molar-refractivity contribution is -0.651. The third-order valence-corrected chi connectivity index (χ3v) is 4.92. The molecule has 0 saturated carbocycles. The third kappa shape index (κ3) is 5.03. The van der Waals surface area contributed by atoms with E-state index in [1.807, 2.05) is 27.9 Å². The van der Waals surface area contributed by atoms with Crippen molar-refractivity contribution in [1.29, 1.82) is 0 Å². The molecule has 0 amide bonds. The fourth-order valence-corrected chi connectivity index (χ4v) is 3.19. The van der Waals surface area contributed by atoms with E-state index in [1.165, 1.54) is 22.8 Å². The molecule has 3 rings (SSSR count). The van der Waals surface area contributed by atoms with E-state index in [-0.39, 0.29) is 23.8 Å². The number of hydrogen-bond donors (Lipinski definition) is 3. The number of aliphatic hydroxyl groups excluding tert-OH is 2. The van der Waals surface area contributed by atoms with Crippen molar-refractivity contribution in [2.45, 2.75) is 6.42 Å². The Morgan fingerprint density at radius 1 is 1.17 bits per heavy atom. The molecule has 0 spiro atoms. The summed E-state index contributed by atoms with van der Waals surface area (Å²) in [6.07, 6.45) is 2.34. The maximum Gasteiger partial charge on any atom is 0.295 e. The molecule has 1 heterocycles. The van der Waals surface area contributed by atoms with Gasteiger partial charge in [0.25, 0.3) is 5.90 Å². The standard InChI is InChI=1S/C20H18F3IN3O2/c21-15-4-3-14(20(29)27-10-12(11-27)9-25-6-1-7-28)19(18(15)23)26-17-5-2-13(24)8-16(17)22/h2-5,8,10-11,25,28-29H,1,6-7,9H2/q-1/p+1. The molecule has 9 heteroatoms. The molecule has 0 atom stereocenters. The minimum atomic E-state index is -1.27. The minimum absolute atomic E-state index is 0.0577. The van der Waals surface area contributed by atoms with Gasteiger partial charge in [0.15, 0.2) is 5.82 Å². The molecule has 154 valence electrons. The SMILES string of the molecule is OCCC[NH2+]CC1=C[N+](=C(O)c2ccc(F)c(F)c2[N-]c2ccc(I)cc2F)[CH-]1. The first-order valence-corrected chi connectivity index (χ1v) is 9.96. The second-order valence-electron chi connectivity index (χ2n) is 6.39. The summed E-state index contributed by atoms with van der Waals surface area (Å²) in [4.78, 5) is 0. The maximum atomic E-state index is 14.4. The molecule has 0 saturated heterocycles. The molecule has 1 aliphatic heterocycles. The van der Waals surface area contributed by atoms with E-state index in [0.29, 0.717) is 16.5 Å². The van der Waals surface area contributed by atoms with Crippen molar-refractivity contribution < 1.29 is 33.3 Å². The van der Waals surface area contributed by atoms with Crippen molar-refractivity contribution >= 4 is 39.9 Å². The number of halogens is 4. The zero-order valence-corrected chi connectivity index (χ0v) is 17.4. The Kier molecular flexibility index (Phi) is 7.04. The monoisotopic (exact) mass is 517 g/mol. The second-order valence-corrected chi connectivity index (χ2v) is 7.63. The number of hydrogen-bond acceptors (Lipinski definition) is 1. The molecular formula is C20H19F3IN3O2. The highest BCUT2D eigenvalue weighted by atomic mass is 127. The highest BCUT2D eigenvalue weighted by Crippen LogP contribution is 2.38. The maximum absolute atomic E-state index is 14.4. The summed E-state index contributed by atoms with van der Waals surface area (Å²) in [6, 6.07) is 6.26. The van der Waals surface area contributed by atoms with E-state index in [4.69, 9.17) is 5.11 Å². The summed E-state index contributed by atoms with van der Waals surface area (Å²) >= 11 is 1.93. The molecule has 29 heavy (non-hydrogen) atoms. The summed E-state index contributed by atoms with van der Waals surface area (Å²) in [5, 5.41) is 25.2. The van der Waals surface area contributed by atoms with Gasteiger partial charge < -0.3 is 20.8 Å². The summed E-state index contributed by atoms with van der Waals surface area (Å²) in [5.41, 5.74) is 0.232. The van der Waals surface area contributed by atoms with Crippen LogP contribution in [0.15, 0.2) is 42.1 Å². The van der Waals surface area contributed by atoms with Gasteiger partial charge in [-0.05, 0) is 40.8 Å². The summed E-state index contributed by atoms with van der Waals surface area (Å²) in [5.74, 6) is -3.43. The van der Waals surface area contributed by atoms with Gasteiger partial charge in [-0.25, -0.2) is 13.2 Å². The normalized spacial score (nSPS) is 14.7. The molecule has 2 aromatic carbocycles. The second kappa shape index (κ2) is 9.51. The van der Waals surface area contributed by atoms with Crippen LogP contribution < -0.4 is 5.32 Å². The Balaban J connectivity index is 1.86. The fourth-order valence-electron chi connectivity index (χ4n) is 2.74. The van der Waals surface area contributed by atoms with Crippen molar-refractivity contribution in [3.63, 3.8) is 0 Å². The Morgan fingerprint density at radius 2 is 1.93 bits per heavy atom. The summed E-state index contributed by atoms with van der Waals surface area (Å²) in [7, 11) is 0. The van der Waals surface area contributed by atoms with E-state index in [2.05, 4.69) is 5.32 Å². The Labute approximate surface area is 179 Å². The lowest BCUT2D eigenvalue weighted by atomic mass is 10.1. The minimum Gasteiger partial charge on any atom is -0.653 e. The number of quaternary nitrogens is 1. The molecule has 4 N–H and O–H groups in total. The lowest BCUT2D eigenvalue weighted by Crippen LogP contribution is -2.85. The van der Waals surface area contributed by atoms with Crippen molar-refractivity contribution in [2.75, 3.05) is 19.7 Å². The molecule has 0 aliphatic carbocycles. The van der Waals surface area contributed by atoms with E-state index < -0.39 is 23.1 Å². The van der Waals surface area contributed by atoms with Crippen LogP contribution in [0.3, 0.4) is 0 Å². The average Bonchev–Trinajstić information content (AvgIpc) is 2.65. The van der Waals surface area contributed by atoms with Crippen LogP contribution in [0.25, 0.3) is 5.32 Å². The van der Waals surface area contributed by atoms with Gasteiger partial charge in [-0.3, -0.25) is 4.58 Å². The average molecular weight is 517 g/mol. The highest BCUT2D eigenvalue weighted by molar-refractivity contribution is 14.1. The topological polar surface area (TPSA) is 74.2 Å². The van der Waals surface area contributed by atoms with E-state index in [9.17, 15) is 18.3 Å². The van der Waals surface area contributed by atoms with Crippen LogP contribution in [-0.2, 0) is 0 Å². The van der Waals surface area contributed by atoms with Crippen LogP contribution in [0.4, 0.5) is 24.5 Å². The summed E-state index contributed by atoms with van der Waals surface area (Å²) < 4.78 is 44.3. The first-order valence-electron chi connectivity index (χ1n) is 8.88. The molecule has 0 radical (unpaired) electrons. The Morgan fingerprint density at radius 3 is 2.62 bits per heavy atom. The van der Waals surface area contributed by atoms with E-state index >= 15 is 0 Å². The van der Waals surface area contributed by atoms with Crippen LogP contribution in [0, 0.1) is 27.6 Å². The number of benzene rings is 2. The zero-order chi connectivity index (χ0) is 21.0. The van der Waals surface area contributed by atoms with Gasteiger partial charge in [0, 0.05) is 27.7 Å². The number of aliphatic hydroxyl groups is 2. The van der Waals surface area contributed by atoms with Crippen LogP contribution in [0.2, 0.25) is 0 Å². The first kappa shape index (κ1) is 21.5. The van der Waals surface area contributed by atoms with Crippen molar-refractivity contribution in [2.24, 2.45) is 0 Å². The fraction of sp³-hybridized carbons (Fsp3) is 0.200. The zero-order valence-electron chi connectivity index (χ0n) is 15.2. The third-order valence-electron chi connectivity index (χ3n) is 4.25. The van der Waals surface area contributed by atoms with E-state index in [0.717, 1.165) is 18.2 Å². The van der Waals surface area contributed by atoms with Crippen LogP contribution in [0.5, 0.6) is 0 Å². The number of nitrogens with zero attached hydrogens (tertiary/aromatic N) is 2. The van der Waals surface area contributed by atoms with Gasteiger partial charge in [-0.2, -0.15) is 0 Å². The van der Waals surface area contributed by atoms with Crippen molar-refractivity contribution in [1.82, 2.24) is 0 Å². The van der Waals surface area contributed by atoms with Crippen LogP contribution >= 0.6 is 22.6 Å². The molecule has 0 fully saturated rings. The van der Waals surface area contributed by atoms with Gasteiger partial charge >= 0.3 is 0 Å².